The van der Waals surface area contributed by atoms with Gasteiger partial charge < -0.3 is 0 Å². The highest BCUT2D eigenvalue weighted by Crippen LogP contribution is 2.21. The van der Waals surface area contributed by atoms with Gasteiger partial charge in [-0.15, -0.1) is 0 Å². The van der Waals surface area contributed by atoms with Crippen molar-refractivity contribution >= 4 is 34.6 Å². The van der Waals surface area contributed by atoms with Crippen LogP contribution in [0.25, 0.3) is 0 Å². The minimum absolute atomic E-state index is 0.300. The van der Waals surface area contributed by atoms with Crippen molar-refractivity contribution in [2.24, 2.45) is 4.99 Å². The van der Waals surface area contributed by atoms with E-state index in [0.29, 0.717) is 10.2 Å². The molecule has 0 amide bonds. The SMILES string of the molecule is CC(=Nc1cc(C)cc(C)c1)c1ccc(Cl)c(Cl)n1. The lowest BCUT2D eigenvalue weighted by molar-refractivity contribution is 1.27. The summed E-state index contributed by atoms with van der Waals surface area (Å²) in [6.07, 6.45) is 0. The number of benzene rings is 1. The quantitative estimate of drug-likeness (QED) is 0.555. The molecule has 1 aromatic heterocycles. The molecule has 2 rings (SSSR count). The largest absolute Gasteiger partial charge is 0.251 e. The van der Waals surface area contributed by atoms with Gasteiger partial charge >= 0.3 is 0 Å². The van der Waals surface area contributed by atoms with Gasteiger partial charge in [-0.2, -0.15) is 0 Å². The fourth-order valence-corrected chi connectivity index (χ4v) is 2.14. The number of hydrogen-bond donors (Lipinski definition) is 0. The molecule has 98 valence electrons. The maximum Gasteiger partial charge on any atom is 0.148 e. The van der Waals surface area contributed by atoms with Gasteiger partial charge in [-0.1, -0.05) is 29.3 Å². The average Bonchev–Trinajstić information content (AvgIpc) is 2.31. The van der Waals surface area contributed by atoms with Gasteiger partial charge in [0.15, 0.2) is 0 Å². The second kappa shape index (κ2) is 5.72. The van der Waals surface area contributed by atoms with Crippen LogP contribution >= 0.6 is 23.2 Å². The van der Waals surface area contributed by atoms with Crippen molar-refractivity contribution < 1.29 is 0 Å². The van der Waals surface area contributed by atoms with Gasteiger partial charge in [-0.25, -0.2) is 4.98 Å². The predicted molar refractivity (Wildman–Crippen MR) is 82.0 cm³/mol. The molecular weight excluding hydrogens is 279 g/mol. The van der Waals surface area contributed by atoms with Crippen LogP contribution < -0.4 is 0 Å². The Morgan fingerprint density at radius 2 is 1.68 bits per heavy atom. The Morgan fingerprint density at radius 3 is 2.26 bits per heavy atom. The highest BCUT2D eigenvalue weighted by molar-refractivity contribution is 6.41. The van der Waals surface area contributed by atoms with Gasteiger partial charge in [0.1, 0.15) is 5.15 Å². The molecule has 0 fully saturated rings. The first-order valence-electron chi connectivity index (χ1n) is 5.92. The number of aryl methyl sites for hydroxylation is 2. The van der Waals surface area contributed by atoms with Gasteiger partial charge in [0.25, 0.3) is 0 Å². The maximum absolute atomic E-state index is 5.91. The molecule has 0 spiro atoms. The van der Waals surface area contributed by atoms with Gasteiger partial charge in [0, 0.05) is 0 Å². The van der Waals surface area contributed by atoms with E-state index >= 15 is 0 Å². The first-order chi connectivity index (χ1) is 8.95. The van der Waals surface area contributed by atoms with Crippen LogP contribution in [0.3, 0.4) is 0 Å². The minimum Gasteiger partial charge on any atom is -0.251 e. The predicted octanol–water partition coefficient (Wildman–Crippen LogP) is 5.15. The first-order valence-corrected chi connectivity index (χ1v) is 6.67. The zero-order chi connectivity index (χ0) is 14.0. The monoisotopic (exact) mass is 292 g/mol. The van der Waals surface area contributed by atoms with Crippen molar-refractivity contribution in [3.05, 3.63) is 57.3 Å². The molecule has 0 saturated heterocycles. The third-order valence-electron chi connectivity index (χ3n) is 2.68. The van der Waals surface area contributed by atoms with E-state index in [-0.39, 0.29) is 0 Å². The van der Waals surface area contributed by atoms with Crippen LogP contribution in [0.15, 0.2) is 35.3 Å². The smallest absolute Gasteiger partial charge is 0.148 e. The van der Waals surface area contributed by atoms with Gasteiger partial charge in [0.2, 0.25) is 0 Å². The number of halogens is 2. The molecule has 1 aromatic carbocycles. The molecule has 0 aliphatic heterocycles. The number of aliphatic imine (C=N–C) groups is 1. The van der Waals surface area contributed by atoms with E-state index in [1.165, 1.54) is 11.1 Å². The summed E-state index contributed by atoms with van der Waals surface area (Å²) >= 11 is 11.8. The number of pyridine rings is 1. The fourth-order valence-electron chi connectivity index (χ4n) is 1.88. The summed E-state index contributed by atoms with van der Waals surface area (Å²) in [5.74, 6) is 0. The highest BCUT2D eigenvalue weighted by Gasteiger charge is 2.04. The summed E-state index contributed by atoms with van der Waals surface area (Å²) in [4.78, 5) is 8.79. The van der Waals surface area contributed by atoms with Crippen molar-refractivity contribution in [3.8, 4) is 0 Å². The number of nitrogens with zero attached hydrogens (tertiary/aromatic N) is 2. The zero-order valence-corrected chi connectivity index (χ0v) is 12.5. The summed E-state index contributed by atoms with van der Waals surface area (Å²) in [6.45, 7) is 6.02. The van der Waals surface area contributed by atoms with Crippen LogP contribution in [-0.4, -0.2) is 10.7 Å². The van der Waals surface area contributed by atoms with Crippen molar-refractivity contribution in [3.63, 3.8) is 0 Å². The summed E-state index contributed by atoms with van der Waals surface area (Å²) < 4.78 is 0. The minimum atomic E-state index is 0.300. The number of rotatable bonds is 2. The lowest BCUT2D eigenvalue weighted by Gasteiger charge is -2.04. The molecule has 0 radical (unpaired) electrons. The van der Waals surface area contributed by atoms with Crippen LogP contribution in [0, 0.1) is 13.8 Å². The Labute approximate surface area is 123 Å². The summed E-state index contributed by atoms with van der Waals surface area (Å²) in [6, 6.07) is 9.73. The Morgan fingerprint density at radius 1 is 1.05 bits per heavy atom. The molecule has 2 nitrogen and oxygen atoms in total. The second-order valence-electron chi connectivity index (χ2n) is 4.51. The van der Waals surface area contributed by atoms with E-state index in [1.807, 2.05) is 25.1 Å². The highest BCUT2D eigenvalue weighted by atomic mass is 35.5. The number of aromatic nitrogens is 1. The molecule has 19 heavy (non-hydrogen) atoms. The molecule has 0 atom stereocenters. The zero-order valence-electron chi connectivity index (χ0n) is 11.0. The summed E-state index contributed by atoms with van der Waals surface area (Å²) in [7, 11) is 0. The molecule has 4 heteroatoms. The molecule has 0 N–H and O–H groups in total. The Hall–Kier alpha value is -1.38. The van der Waals surface area contributed by atoms with Gasteiger partial charge in [-0.05, 0) is 56.2 Å². The third-order valence-corrected chi connectivity index (χ3v) is 3.37. The van der Waals surface area contributed by atoms with Crippen LogP contribution in [0.1, 0.15) is 23.7 Å². The van der Waals surface area contributed by atoms with Crippen molar-refractivity contribution in [1.82, 2.24) is 4.98 Å². The van der Waals surface area contributed by atoms with Crippen molar-refractivity contribution in [1.29, 1.82) is 0 Å². The molecule has 0 aliphatic rings. The Kier molecular flexibility index (Phi) is 4.23. The van der Waals surface area contributed by atoms with Crippen molar-refractivity contribution in [2.75, 3.05) is 0 Å². The normalized spacial score (nSPS) is 11.7. The van der Waals surface area contributed by atoms with E-state index in [2.05, 4.69) is 29.9 Å². The van der Waals surface area contributed by atoms with Crippen LogP contribution in [0.5, 0.6) is 0 Å². The van der Waals surface area contributed by atoms with Crippen LogP contribution in [-0.2, 0) is 0 Å². The standard InChI is InChI=1S/C15H14Cl2N2/c1-9-6-10(2)8-12(7-9)18-11(3)14-5-4-13(16)15(17)19-14/h4-8H,1-3H3. The summed E-state index contributed by atoms with van der Waals surface area (Å²) in [5, 5.41) is 0.749. The molecule has 0 saturated carbocycles. The number of hydrogen-bond acceptors (Lipinski definition) is 2. The van der Waals surface area contributed by atoms with E-state index in [9.17, 15) is 0 Å². The summed E-state index contributed by atoms with van der Waals surface area (Å²) in [5.41, 5.74) is 4.84. The van der Waals surface area contributed by atoms with Gasteiger partial charge in [-0.3, -0.25) is 4.99 Å². The first kappa shape index (κ1) is 14.0. The molecule has 2 aromatic rings. The lowest BCUT2D eigenvalue weighted by Crippen LogP contribution is -1.98. The average molecular weight is 293 g/mol. The van der Waals surface area contributed by atoms with Gasteiger partial charge in [0.05, 0.1) is 22.1 Å². The lowest BCUT2D eigenvalue weighted by atomic mass is 10.1. The fraction of sp³-hybridized carbons (Fsp3) is 0.200. The van der Waals surface area contributed by atoms with E-state index in [1.54, 1.807) is 6.07 Å². The molecular formula is C15H14Cl2N2. The van der Waals surface area contributed by atoms with E-state index < -0.39 is 0 Å². The molecule has 0 aliphatic carbocycles. The maximum atomic E-state index is 5.91. The van der Waals surface area contributed by atoms with E-state index in [4.69, 9.17) is 23.2 Å². The molecule has 0 bridgehead atoms. The van der Waals surface area contributed by atoms with Crippen LogP contribution in [0.2, 0.25) is 10.2 Å². The molecule has 0 unspecified atom stereocenters. The topological polar surface area (TPSA) is 25.2 Å². The van der Waals surface area contributed by atoms with E-state index in [0.717, 1.165) is 17.1 Å². The second-order valence-corrected chi connectivity index (χ2v) is 5.28. The Balaban J connectivity index is 2.39. The van der Waals surface area contributed by atoms with Crippen molar-refractivity contribution in [2.45, 2.75) is 20.8 Å². The Bertz CT molecular complexity index is 628. The molecule has 1 heterocycles. The third kappa shape index (κ3) is 3.55. The van der Waals surface area contributed by atoms with Crippen LogP contribution in [0.4, 0.5) is 5.69 Å².